The minimum Gasteiger partial charge on any atom is -0.336 e. The predicted octanol–water partition coefficient (Wildman–Crippen LogP) is 2.05. The summed E-state index contributed by atoms with van der Waals surface area (Å²) in [6, 6.07) is 5.72. The summed E-state index contributed by atoms with van der Waals surface area (Å²) in [4.78, 5) is 6.42. The van der Waals surface area contributed by atoms with Crippen LogP contribution in [0.15, 0.2) is 24.4 Å². The van der Waals surface area contributed by atoms with Gasteiger partial charge < -0.3 is 10.2 Å². The van der Waals surface area contributed by atoms with Gasteiger partial charge in [-0.1, -0.05) is 0 Å². The van der Waals surface area contributed by atoms with Crippen LogP contribution in [0.25, 0.3) is 5.52 Å². The normalized spacial score (nSPS) is 18.3. The largest absolute Gasteiger partial charge is 0.336 e. The molecule has 114 valence electrons. The van der Waals surface area contributed by atoms with E-state index in [4.69, 9.17) is 0 Å². The maximum atomic E-state index is 13.4. The maximum Gasteiger partial charge on any atom is 0.245 e. The van der Waals surface area contributed by atoms with Gasteiger partial charge in [0.25, 0.3) is 0 Å². The second-order valence-electron chi connectivity index (χ2n) is 5.49. The van der Waals surface area contributed by atoms with Gasteiger partial charge in [-0.15, -0.1) is 5.10 Å². The Bertz CT molecular complexity index is 808. The van der Waals surface area contributed by atoms with Crippen molar-refractivity contribution < 1.29 is 4.39 Å². The number of H-pyrrole nitrogens is 1. The highest BCUT2D eigenvalue weighted by atomic mass is 19.1. The van der Waals surface area contributed by atoms with Crippen LogP contribution in [-0.4, -0.2) is 44.1 Å². The van der Waals surface area contributed by atoms with E-state index < -0.39 is 6.17 Å². The molecule has 0 amide bonds. The summed E-state index contributed by atoms with van der Waals surface area (Å²) in [6.07, 6.45) is 1.56. The number of rotatable bonds is 3. The molecule has 0 saturated carbocycles. The van der Waals surface area contributed by atoms with Crippen LogP contribution < -0.4 is 10.2 Å². The van der Waals surface area contributed by atoms with Crippen LogP contribution in [0.5, 0.6) is 0 Å². The number of nitrogens with one attached hydrogen (secondary N) is 2. The number of hydrogen-bond acceptors (Lipinski definition) is 5. The first kappa shape index (κ1) is 13.1. The average molecular weight is 301 g/mol. The highest BCUT2D eigenvalue weighted by molar-refractivity contribution is 5.73. The number of aryl methyl sites for hydroxylation is 1. The summed E-state index contributed by atoms with van der Waals surface area (Å²) in [5.74, 6) is 1.87. The number of halogens is 1. The number of nitrogens with zero attached hydrogens (tertiary/aromatic N) is 5. The van der Waals surface area contributed by atoms with Crippen LogP contribution in [-0.2, 0) is 0 Å². The summed E-state index contributed by atoms with van der Waals surface area (Å²) in [5, 5.41) is 14.7. The first-order valence-electron chi connectivity index (χ1n) is 7.22. The molecule has 3 aromatic heterocycles. The van der Waals surface area contributed by atoms with Crippen molar-refractivity contribution in [2.75, 3.05) is 23.3 Å². The van der Waals surface area contributed by atoms with E-state index in [9.17, 15) is 4.39 Å². The van der Waals surface area contributed by atoms with Crippen molar-refractivity contribution in [1.29, 1.82) is 0 Å². The van der Waals surface area contributed by atoms with Gasteiger partial charge in [-0.05, 0) is 25.5 Å². The molecule has 1 aliphatic rings. The third-order valence-electron chi connectivity index (χ3n) is 3.75. The Kier molecular flexibility index (Phi) is 2.95. The van der Waals surface area contributed by atoms with E-state index in [0.29, 0.717) is 37.1 Å². The maximum absolute atomic E-state index is 13.4. The standard InChI is InChI=1S/C14H16FN7/c1-9-7-12(19-18-9)16-13-11-3-2-5-22(11)20-14(17-13)21-6-4-10(15)8-21/h2-3,5,7,10H,4,6,8H2,1H3,(H2,16,17,18,19,20)/t10-/m0/s1. The van der Waals surface area contributed by atoms with Crippen molar-refractivity contribution >= 4 is 23.1 Å². The Hall–Kier alpha value is -2.64. The molecular weight excluding hydrogens is 285 g/mol. The van der Waals surface area contributed by atoms with Crippen LogP contribution in [0, 0.1) is 6.92 Å². The lowest BCUT2D eigenvalue weighted by Gasteiger charge is -2.16. The molecule has 0 unspecified atom stereocenters. The predicted molar refractivity (Wildman–Crippen MR) is 81.3 cm³/mol. The van der Waals surface area contributed by atoms with Gasteiger partial charge in [0.05, 0.1) is 6.54 Å². The lowest BCUT2D eigenvalue weighted by molar-refractivity contribution is 0.364. The van der Waals surface area contributed by atoms with Crippen molar-refractivity contribution in [2.45, 2.75) is 19.5 Å². The molecule has 7 nitrogen and oxygen atoms in total. The zero-order valence-corrected chi connectivity index (χ0v) is 12.1. The Morgan fingerprint density at radius 1 is 1.45 bits per heavy atom. The van der Waals surface area contributed by atoms with Crippen LogP contribution in [0.2, 0.25) is 0 Å². The number of hydrogen-bond donors (Lipinski definition) is 2. The van der Waals surface area contributed by atoms with E-state index in [0.717, 1.165) is 11.2 Å². The van der Waals surface area contributed by atoms with Crippen molar-refractivity contribution in [3.05, 3.63) is 30.1 Å². The fourth-order valence-corrected chi connectivity index (χ4v) is 2.65. The summed E-state index contributed by atoms with van der Waals surface area (Å²) >= 11 is 0. The van der Waals surface area contributed by atoms with Crippen molar-refractivity contribution in [2.24, 2.45) is 0 Å². The minimum absolute atomic E-state index is 0.341. The van der Waals surface area contributed by atoms with Gasteiger partial charge >= 0.3 is 0 Å². The van der Waals surface area contributed by atoms with E-state index >= 15 is 0 Å². The SMILES string of the molecule is Cc1cc(Nc2nc(N3CC[C@H](F)C3)nn3cccc23)n[nH]1. The number of aromatic amines is 1. The van der Waals surface area contributed by atoms with Gasteiger partial charge in [-0.3, -0.25) is 5.10 Å². The molecule has 0 spiro atoms. The van der Waals surface area contributed by atoms with Gasteiger partial charge in [0.1, 0.15) is 11.7 Å². The summed E-state index contributed by atoms with van der Waals surface area (Å²) < 4.78 is 15.2. The van der Waals surface area contributed by atoms with Crippen molar-refractivity contribution in [3.8, 4) is 0 Å². The van der Waals surface area contributed by atoms with E-state index in [2.05, 4.69) is 25.6 Å². The second kappa shape index (κ2) is 4.97. The molecule has 0 bridgehead atoms. The molecule has 1 saturated heterocycles. The average Bonchev–Trinajstić information content (AvgIpc) is 3.20. The van der Waals surface area contributed by atoms with E-state index in [1.165, 1.54) is 0 Å². The van der Waals surface area contributed by atoms with Gasteiger partial charge in [0.2, 0.25) is 5.95 Å². The van der Waals surface area contributed by atoms with Crippen LogP contribution in [0.4, 0.5) is 22.0 Å². The molecule has 22 heavy (non-hydrogen) atoms. The molecule has 4 rings (SSSR count). The lowest BCUT2D eigenvalue weighted by atomic mass is 10.3. The van der Waals surface area contributed by atoms with Crippen LogP contribution in [0.3, 0.4) is 0 Å². The number of aromatic nitrogens is 5. The first-order chi connectivity index (χ1) is 10.7. The zero-order valence-electron chi connectivity index (χ0n) is 12.1. The van der Waals surface area contributed by atoms with Crippen LogP contribution in [0.1, 0.15) is 12.1 Å². The molecule has 1 aliphatic heterocycles. The van der Waals surface area contributed by atoms with E-state index in [-0.39, 0.29) is 0 Å². The molecule has 2 N–H and O–H groups in total. The second-order valence-corrected chi connectivity index (χ2v) is 5.49. The fourth-order valence-electron chi connectivity index (χ4n) is 2.65. The van der Waals surface area contributed by atoms with Gasteiger partial charge in [-0.2, -0.15) is 10.1 Å². The molecule has 0 aliphatic carbocycles. The summed E-state index contributed by atoms with van der Waals surface area (Å²) in [6.45, 7) is 2.91. The Morgan fingerprint density at radius 2 is 2.36 bits per heavy atom. The van der Waals surface area contributed by atoms with Gasteiger partial charge in [0.15, 0.2) is 11.6 Å². The third-order valence-corrected chi connectivity index (χ3v) is 3.75. The van der Waals surface area contributed by atoms with Crippen LogP contribution >= 0.6 is 0 Å². The number of fused-ring (bicyclic) bond motifs is 1. The van der Waals surface area contributed by atoms with E-state index in [1.807, 2.05) is 36.2 Å². The molecule has 8 heteroatoms. The molecule has 4 heterocycles. The first-order valence-corrected chi connectivity index (χ1v) is 7.22. The number of alkyl halides is 1. The molecule has 3 aromatic rings. The molecule has 0 radical (unpaired) electrons. The number of anilines is 3. The summed E-state index contributed by atoms with van der Waals surface area (Å²) in [7, 11) is 0. The molecule has 1 fully saturated rings. The zero-order chi connectivity index (χ0) is 15.1. The van der Waals surface area contributed by atoms with Crippen molar-refractivity contribution in [1.82, 2.24) is 24.8 Å². The quantitative estimate of drug-likeness (QED) is 0.774. The monoisotopic (exact) mass is 301 g/mol. The van der Waals surface area contributed by atoms with Gasteiger partial charge in [0, 0.05) is 24.5 Å². The Labute approximate surface area is 126 Å². The molecule has 0 aromatic carbocycles. The van der Waals surface area contributed by atoms with Gasteiger partial charge in [-0.25, -0.2) is 8.91 Å². The Morgan fingerprint density at radius 3 is 3.09 bits per heavy atom. The summed E-state index contributed by atoms with van der Waals surface area (Å²) in [5.41, 5.74) is 1.81. The minimum atomic E-state index is -0.811. The Balaban J connectivity index is 1.73. The fraction of sp³-hybridized carbons (Fsp3) is 0.357. The highest BCUT2D eigenvalue weighted by Crippen LogP contribution is 2.24. The van der Waals surface area contributed by atoms with E-state index in [1.54, 1.807) is 4.52 Å². The molecule has 1 atom stereocenters. The topological polar surface area (TPSA) is 74.1 Å². The third kappa shape index (κ3) is 2.26. The molecular formula is C14H16FN7. The highest BCUT2D eigenvalue weighted by Gasteiger charge is 2.25. The smallest absolute Gasteiger partial charge is 0.245 e. The lowest BCUT2D eigenvalue weighted by Crippen LogP contribution is -2.23. The van der Waals surface area contributed by atoms with Crippen molar-refractivity contribution in [3.63, 3.8) is 0 Å².